The molecule has 2 atom stereocenters. The van der Waals surface area contributed by atoms with Gasteiger partial charge in [0.15, 0.2) is 0 Å². The smallest absolute Gasteiger partial charge is 0.243 e. The summed E-state index contributed by atoms with van der Waals surface area (Å²) < 4.78 is 0. The van der Waals surface area contributed by atoms with E-state index < -0.39 is 0 Å². The molecule has 0 unspecified atom stereocenters. The SMILES string of the molecule is O=C(Cn1nc2ccccc2n1)N[C@H]1CCCN2CCC[C@@H]12. The molecule has 4 rings (SSSR count). The van der Waals surface area contributed by atoms with Crippen LogP contribution in [0, 0.1) is 0 Å². The van der Waals surface area contributed by atoms with E-state index in [-0.39, 0.29) is 18.5 Å². The number of carbonyl (C=O) groups is 1. The van der Waals surface area contributed by atoms with Gasteiger partial charge in [-0.2, -0.15) is 15.0 Å². The van der Waals surface area contributed by atoms with E-state index in [0.717, 1.165) is 17.5 Å². The second kappa shape index (κ2) is 5.68. The lowest BCUT2D eigenvalue weighted by Gasteiger charge is -2.37. The Kier molecular flexibility index (Phi) is 3.54. The van der Waals surface area contributed by atoms with Crippen LogP contribution in [0.2, 0.25) is 0 Å². The number of aromatic nitrogens is 3. The summed E-state index contributed by atoms with van der Waals surface area (Å²) >= 11 is 0. The number of nitrogens with zero attached hydrogens (tertiary/aromatic N) is 4. The molecule has 0 radical (unpaired) electrons. The number of hydrogen-bond donors (Lipinski definition) is 1. The summed E-state index contributed by atoms with van der Waals surface area (Å²) in [7, 11) is 0. The number of rotatable bonds is 3. The van der Waals surface area contributed by atoms with Gasteiger partial charge in [-0.15, -0.1) is 0 Å². The molecule has 2 saturated heterocycles. The first kappa shape index (κ1) is 13.7. The Morgan fingerprint density at radius 1 is 1.14 bits per heavy atom. The second-order valence-electron chi connectivity index (χ2n) is 6.28. The molecule has 1 aromatic heterocycles. The van der Waals surface area contributed by atoms with Crippen molar-refractivity contribution in [2.75, 3.05) is 13.1 Å². The first-order valence-electron chi connectivity index (χ1n) is 8.13. The number of nitrogens with one attached hydrogen (secondary N) is 1. The zero-order valence-electron chi connectivity index (χ0n) is 12.6. The number of hydrogen-bond acceptors (Lipinski definition) is 4. The van der Waals surface area contributed by atoms with Gasteiger partial charge in [-0.3, -0.25) is 9.69 Å². The summed E-state index contributed by atoms with van der Waals surface area (Å²) in [6.07, 6.45) is 4.71. The van der Waals surface area contributed by atoms with Crippen LogP contribution in [0.4, 0.5) is 0 Å². The maximum absolute atomic E-state index is 12.3. The highest BCUT2D eigenvalue weighted by atomic mass is 16.2. The third-order valence-corrected chi connectivity index (χ3v) is 4.80. The van der Waals surface area contributed by atoms with Gasteiger partial charge in [0.25, 0.3) is 0 Å². The van der Waals surface area contributed by atoms with Gasteiger partial charge in [-0.25, -0.2) is 0 Å². The number of amides is 1. The quantitative estimate of drug-likeness (QED) is 0.924. The van der Waals surface area contributed by atoms with Crippen molar-refractivity contribution in [2.24, 2.45) is 0 Å². The van der Waals surface area contributed by atoms with E-state index in [4.69, 9.17) is 0 Å². The van der Waals surface area contributed by atoms with Crippen LogP contribution in [0.1, 0.15) is 25.7 Å². The van der Waals surface area contributed by atoms with Gasteiger partial charge in [-0.1, -0.05) is 12.1 Å². The van der Waals surface area contributed by atoms with Crippen molar-refractivity contribution in [1.29, 1.82) is 0 Å². The predicted octanol–water partition coefficient (Wildman–Crippen LogP) is 1.17. The Hall–Kier alpha value is -1.95. The Balaban J connectivity index is 1.41. The van der Waals surface area contributed by atoms with Crippen LogP contribution in [-0.2, 0) is 11.3 Å². The summed E-state index contributed by atoms with van der Waals surface area (Å²) in [6.45, 7) is 2.56. The molecule has 1 N–H and O–H groups in total. The van der Waals surface area contributed by atoms with Crippen LogP contribution in [0.5, 0.6) is 0 Å². The number of carbonyl (C=O) groups excluding carboxylic acids is 1. The Morgan fingerprint density at radius 3 is 2.55 bits per heavy atom. The van der Waals surface area contributed by atoms with Crippen molar-refractivity contribution in [1.82, 2.24) is 25.2 Å². The minimum absolute atomic E-state index is 0.0130. The van der Waals surface area contributed by atoms with E-state index in [1.165, 1.54) is 37.1 Å². The van der Waals surface area contributed by atoms with Crippen LogP contribution >= 0.6 is 0 Å². The molecule has 0 saturated carbocycles. The van der Waals surface area contributed by atoms with Gasteiger partial charge < -0.3 is 5.32 Å². The van der Waals surface area contributed by atoms with Crippen LogP contribution in [0.3, 0.4) is 0 Å². The van der Waals surface area contributed by atoms with Crippen molar-refractivity contribution in [2.45, 2.75) is 44.3 Å². The molecule has 0 spiro atoms. The molecule has 116 valence electrons. The fraction of sp³-hybridized carbons (Fsp3) is 0.562. The Bertz CT molecular complexity index is 649. The topological polar surface area (TPSA) is 63.1 Å². The van der Waals surface area contributed by atoms with Crippen LogP contribution in [0.25, 0.3) is 11.0 Å². The lowest BCUT2D eigenvalue weighted by Crippen LogP contribution is -2.53. The fourth-order valence-electron chi connectivity index (χ4n) is 3.82. The van der Waals surface area contributed by atoms with Crippen LogP contribution in [-0.4, -0.2) is 51.0 Å². The lowest BCUT2D eigenvalue weighted by molar-refractivity contribution is -0.123. The van der Waals surface area contributed by atoms with Crippen molar-refractivity contribution < 1.29 is 4.79 Å². The minimum atomic E-state index is 0.0130. The Morgan fingerprint density at radius 2 is 1.82 bits per heavy atom. The monoisotopic (exact) mass is 299 g/mol. The first-order valence-corrected chi connectivity index (χ1v) is 8.13. The molecule has 6 heteroatoms. The van der Waals surface area contributed by atoms with E-state index >= 15 is 0 Å². The molecule has 0 aliphatic carbocycles. The lowest BCUT2D eigenvalue weighted by atomic mass is 9.96. The molecule has 6 nitrogen and oxygen atoms in total. The van der Waals surface area contributed by atoms with E-state index in [1.807, 2.05) is 24.3 Å². The molecule has 2 fully saturated rings. The average molecular weight is 299 g/mol. The summed E-state index contributed by atoms with van der Waals surface area (Å²) in [5.41, 5.74) is 1.66. The number of benzene rings is 1. The van der Waals surface area contributed by atoms with E-state index in [1.54, 1.807) is 0 Å². The van der Waals surface area contributed by atoms with Gasteiger partial charge >= 0.3 is 0 Å². The van der Waals surface area contributed by atoms with Crippen molar-refractivity contribution in [3.05, 3.63) is 24.3 Å². The molecular formula is C16H21N5O. The summed E-state index contributed by atoms with van der Waals surface area (Å²) in [4.78, 5) is 16.3. The molecule has 2 aliphatic heterocycles. The molecule has 1 amide bonds. The highest BCUT2D eigenvalue weighted by molar-refractivity contribution is 5.77. The van der Waals surface area contributed by atoms with Gasteiger partial charge in [0.1, 0.15) is 17.6 Å². The zero-order valence-corrected chi connectivity index (χ0v) is 12.6. The van der Waals surface area contributed by atoms with Crippen molar-refractivity contribution >= 4 is 16.9 Å². The summed E-state index contributed by atoms with van der Waals surface area (Å²) in [5, 5.41) is 11.9. The second-order valence-corrected chi connectivity index (χ2v) is 6.28. The molecular weight excluding hydrogens is 278 g/mol. The average Bonchev–Trinajstić information content (AvgIpc) is 3.12. The number of fused-ring (bicyclic) bond motifs is 2. The van der Waals surface area contributed by atoms with E-state index in [2.05, 4.69) is 20.4 Å². The standard InChI is InChI=1S/C16H21N5O/c22-16(11-21-18-12-5-1-2-6-13(12)19-21)17-14-7-3-9-20-10-4-8-15(14)20/h1-2,5-6,14-15H,3-4,7-11H2,(H,17,22)/t14-,15-/m0/s1. The van der Waals surface area contributed by atoms with Gasteiger partial charge in [0.2, 0.25) is 5.91 Å². The third kappa shape index (κ3) is 2.59. The highest BCUT2D eigenvalue weighted by Gasteiger charge is 2.35. The molecule has 1 aromatic carbocycles. The van der Waals surface area contributed by atoms with Gasteiger partial charge in [0, 0.05) is 12.1 Å². The molecule has 2 aliphatic rings. The van der Waals surface area contributed by atoms with Crippen LogP contribution < -0.4 is 5.32 Å². The van der Waals surface area contributed by atoms with E-state index in [9.17, 15) is 4.79 Å². The largest absolute Gasteiger partial charge is 0.350 e. The summed E-state index contributed by atoms with van der Waals surface area (Å²) in [6, 6.07) is 8.50. The molecule has 22 heavy (non-hydrogen) atoms. The normalized spacial score (nSPS) is 25.3. The van der Waals surface area contributed by atoms with E-state index in [0.29, 0.717) is 6.04 Å². The Labute approximate surface area is 129 Å². The fourth-order valence-corrected chi connectivity index (χ4v) is 3.82. The van der Waals surface area contributed by atoms with Gasteiger partial charge in [-0.05, 0) is 50.9 Å². The van der Waals surface area contributed by atoms with Crippen molar-refractivity contribution in [3.8, 4) is 0 Å². The maximum atomic E-state index is 12.3. The first-order chi connectivity index (χ1) is 10.8. The van der Waals surface area contributed by atoms with Gasteiger partial charge in [0.05, 0.1) is 0 Å². The zero-order chi connectivity index (χ0) is 14.9. The minimum Gasteiger partial charge on any atom is -0.350 e. The number of piperidine rings is 1. The van der Waals surface area contributed by atoms with Crippen molar-refractivity contribution in [3.63, 3.8) is 0 Å². The maximum Gasteiger partial charge on any atom is 0.243 e. The van der Waals surface area contributed by atoms with Crippen LogP contribution in [0.15, 0.2) is 24.3 Å². The highest BCUT2D eigenvalue weighted by Crippen LogP contribution is 2.27. The third-order valence-electron chi connectivity index (χ3n) is 4.80. The predicted molar refractivity (Wildman–Crippen MR) is 83.3 cm³/mol. The molecule has 3 heterocycles. The molecule has 0 bridgehead atoms. The summed E-state index contributed by atoms with van der Waals surface area (Å²) in [5.74, 6) is 0.0130. The molecule has 2 aromatic rings.